The van der Waals surface area contributed by atoms with Crippen LogP contribution in [-0.2, 0) is 17.6 Å². The van der Waals surface area contributed by atoms with E-state index in [2.05, 4.69) is 26.0 Å². The topological polar surface area (TPSA) is 76.4 Å². The summed E-state index contributed by atoms with van der Waals surface area (Å²) in [5.41, 5.74) is 3.35. The van der Waals surface area contributed by atoms with Crippen LogP contribution in [0.4, 0.5) is 5.00 Å². The number of aliphatic imine (C=N–C) groups is 1. The molecule has 0 spiro atoms. The fourth-order valence-corrected chi connectivity index (χ4v) is 4.99. The fourth-order valence-electron chi connectivity index (χ4n) is 3.50. The number of H-pyrrole nitrogens is 1. The van der Waals surface area contributed by atoms with E-state index in [4.69, 9.17) is 4.74 Å². The van der Waals surface area contributed by atoms with Crippen LogP contribution in [0, 0.1) is 6.92 Å². The molecule has 1 N–H and O–H groups in total. The second-order valence-corrected chi connectivity index (χ2v) is 8.78. The molecule has 0 amide bonds. The summed E-state index contributed by atoms with van der Waals surface area (Å²) in [4.78, 5) is 31.1. The molecule has 6 nitrogen and oxygen atoms in total. The van der Waals surface area contributed by atoms with Gasteiger partial charge < -0.3 is 4.74 Å². The van der Waals surface area contributed by atoms with Crippen LogP contribution in [0.1, 0.15) is 45.4 Å². The maximum absolute atomic E-state index is 12.9. The van der Waals surface area contributed by atoms with Crippen molar-refractivity contribution in [3.63, 3.8) is 0 Å². The van der Waals surface area contributed by atoms with Crippen molar-refractivity contribution in [1.82, 2.24) is 9.78 Å². The molecule has 0 saturated heterocycles. The Labute approximate surface area is 180 Å². The van der Waals surface area contributed by atoms with E-state index in [0.717, 1.165) is 35.0 Å². The first-order valence-electron chi connectivity index (χ1n) is 9.43. The second kappa shape index (κ2) is 8.12. The third kappa shape index (κ3) is 3.74. The molecule has 0 atom stereocenters. The van der Waals surface area contributed by atoms with Gasteiger partial charge in [0.15, 0.2) is 0 Å². The zero-order valence-corrected chi connectivity index (χ0v) is 18.5. The number of benzene rings is 1. The minimum Gasteiger partial charge on any atom is -0.462 e. The van der Waals surface area contributed by atoms with Gasteiger partial charge in [-0.2, -0.15) is 0 Å². The highest BCUT2D eigenvalue weighted by atomic mass is 79.9. The lowest BCUT2D eigenvalue weighted by atomic mass is 10.1. The zero-order chi connectivity index (χ0) is 20.5. The van der Waals surface area contributed by atoms with Gasteiger partial charge in [0.1, 0.15) is 5.00 Å². The van der Waals surface area contributed by atoms with E-state index in [1.54, 1.807) is 13.1 Å². The van der Waals surface area contributed by atoms with Gasteiger partial charge in [-0.15, -0.1) is 11.3 Å². The number of rotatable bonds is 5. The van der Waals surface area contributed by atoms with E-state index in [-0.39, 0.29) is 11.5 Å². The Morgan fingerprint density at radius 3 is 2.83 bits per heavy atom. The quantitative estimate of drug-likeness (QED) is 0.430. The number of aromatic amines is 1. The number of nitrogens with one attached hydrogen (secondary N) is 1. The van der Waals surface area contributed by atoms with Crippen molar-refractivity contribution in [1.29, 1.82) is 0 Å². The van der Waals surface area contributed by atoms with Gasteiger partial charge in [0.2, 0.25) is 0 Å². The lowest BCUT2D eigenvalue weighted by molar-refractivity contribution is 0.0527. The lowest BCUT2D eigenvalue weighted by Crippen LogP contribution is -2.17. The monoisotopic (exact) mass is 473 g/mol. The molecule has 0 unspecified atom stereocenters. The Balaban J connectivity index is 1.71. The summed E-state index contributed by atoms with van der Waals surface area (Å²) >= 11 is 4.91. The number of fused-ring (bicyclic) bond motifs is 1. The van der Waals surface area contributed by atoms with Gasteiger partial charge in [0, 0.05) is 21.3 Å². The van der Waals surface area contributed by atoms with E-state index >= 15 is 0 Å². The van der Waals surface area contributed by atoms with Gasteiger partial charge in [-0.3, -0.25) is 9.89 Å². The van der Waals surface area contributed by atoms with Gasteiger partial charge in [-0.25, -0.2) is 14.5 Å². The van der Waals surface area contributed by atoms with Crippen molar-refractivity contribution in [3.8, 4) is 5.69 Å². The van der Waals surface area contributed by atoms with Crippen LogP contribution in [0.5, 0.6) is 0 Å². The summed E-state index contributed by atoms with van der Waals surface area (Å²) in [6.07, 6.45) is 4.43. The lowest BCUT2D eigenvalue weighted by Gasteiger charge is -2.03. The van der Waals surface area contributed by atoms with Crippen LogP contribution >= 0.6 is 27.3 Å². The zero-order valence-electron chi connectivity index (χ0n) is 16.1. The van der Waals surface area contributed by atoms with Gasteiger partial charge >= 0.3 is 5.97 Å². The average Bonchev–Trinajstić information content (AvgIpc) is 3.34. The van der Waals surface area contributed by atoms with Crippen molar-refractivity contribution in [2.75, 3.05) is 6.61 Å². The van der Waals surface area contributed by atoms with Gasteiger partial charge in [-0.1, -0.05) is 15.9 Å². The molecule has 0 radical (unpaired) electrons. The number of ether oxygens (including phenoxy) is 1. The minimum absolute atomic E-state index is 0.185. The summed E-state index contributed by atoms with van der Waals surface area (Å²) in [5, 5.41) is 3.71. The Morgan fingerprint density at radius 1 is 1.34 bits per heavy atom. The van der Waals surface area contributed by atoms with Crippen LogP contribution < -0.4 is 5.56 Å². The van der Waals surface area contributed by atoms with E-state index in [0.29, 0.717) is 28.4 Å². The number of aryl methyl sites for hydroxylation is 2. The predicted molar refractivity (Wildman–Crippen MR) is 118 cm³/mol. The minimum atomic E-state index is -0.336. The standard InChI is InChI=1S/C21H20BrN3O3S/c1-3-28-21(27)18-15-5-4-6-17(15)29-19(18)23-11-16-12(2)24-25(20(16)26)14-9-7-13(22)8-10-14/h7-11,24H,3-6H2,1-2H3/b23-11+. The highest BCUT2D eigenvalue weighted by Crippen LogP contribution is 2.41. The van der Waals surface area contributed by atoms with E-state index in [9.17, 15) is 9.59 Å². The molecular weight excluding hydrogens is 454 g/mol. The first-order valence-corrected chi connectivity index (χ1v) is 11.0. The van der Waals surface area contributed by atoms with Crippen LogP contribution in [0.2, 0.25) is 0 Å². The first-order chi connectivity index (χ1) is 14.0. The molecule has 2 aromatic heterocycles. The highest BCUT2D eigenvalue weighted by Gasteiger charge is 2.27. The predicted octanol–water partition coefficient (Wildman–Crippen LogP) is 4.71. The number of aromatic nitrogens is 2. The Morgan fingerprint density at radius 2 is 2.10 bits per heavy atom. The van der Waals surface area contributed by atoms with Crippen molar-refractivity contribution < 1.29 is 9.53 Å². The van der Waals surface area contributed by atoms with Gasteiger partial charge in [0.25, 0.3) is 5.56 Å². The summed E-state index contributed by atoms with van der Waals surface area (Å²) < 4.78 is 7.67. The second-order valence-electron chi connectivity index (χ2n) is 6.78. The number of nitrogens with zero attached hydrogens (tertiary/aromatic N) is 2. The molecule has 1 aliphatic rings. The smallest absolute Gasteiger partial charge is 0.341 e. The molecule has 0 aliphatic heterocycles. The van der Waals surface area contributed by atoms with Gasteiger partial charge in [-0.05, 0) is 62.9 Å². The molecule has 1 aromatic carbocycles. The number of carbonyl (C=O) groups excluding carboxylic acids is 1. The highest BCUT2D eigenvalue weighted by molar-refractivity contribution is 9.10. The number of halogens is 1. The van der Waals surface area contributed by atoms with Crippen LogP contribution in [0.15, 0.2) is 38.5 Å². The van der Waals surface area contributed by atoms with Crippen molar-refractivity contribution >= 4 is 44.5 Å². The fraction of sp³-hybridized carbons (Fsp3) is 0.286. The maximum atomic E-state index is 12.9. The molecule has 8 heteroatoms. The third-order valence-electron chi connectivity index (χ3n) is 4.90. The number of thiophene rings is 1. The normalized spacial score (nSPS) is 13.2. The summed E-state index contributed by atoms with van der Waals surface area (Å²) in [5.74, 6) is -0.336. The van der Waals surface area contributed by atoms with Crippen molar-refractivity contribution in [3.05, 3.63) is 66.4 Å². The number of esters is 1. The molecule has 0 saturated carbocycles. The Kier molecular flexibility index (Phi) is 5.56. The number of carbonyl (C=O) groups is 1. The van der Waals surface area contributed by atoms with Crippen molar-refractivity contribution in [2.24, 2.45) is 4.99 Å². The Hall–Kier alpha value is -2.45. The van der Waals surface area contributed by atoms with Crippen molar-refractivity contribution in [2.45, 2.75) is 33.1 Å². The van der Waals surface area contributed by atoms with E-state index in [1.807, 2.05) is 31.2 Å². The van der Waals surface area contributed by atoms with E-state index < -0.39 is 0 Å². The molecule has 4 rings (SSSR count). The molecule has 150 valence electrons. The van der Waals surface area contributed by atoms with Crippen LogP contribution in [0.25, 0.3) is 5.69 Å². The number of hydrogen-bond acceptors (Lipinski definition) is 5. The van der Waals surface area contributed by atoms with Crippen LogP contribution in [-0.4, -0.2) is 28.6 Å². The molecule has 29 heavy (non-hydrogen) atoms. The molecule has 1 aliphatic carbocycles. The van der Waals surface area contributed by atoms with E-state index in [1.165, 1.54) is 20.9 Å². The van der Waals surface area contributed by atoms with Gasteiger partial charge in [0.05, 0.1) is 23.4 Å². The molecule has 0 bridgehead atoms. The summed E-state index contributed by atoms with van der Waals surface area (Å²) in [6, 6.07) is 7.46. The Bertz CT molecular complexity index is 1160. The SMILES string of the molecule is CCOC(=O)c1c(/N=C/c2c(C)[nH]n(-c3ccc(Br)cc3)c2=O)sc2c1CCC2. The molecule has 2 heterocycles. The molecular formula is C21H20BrN3O3S. The molecule has 0 fully saturated rings. The number of hydrogen-bond donors (Lipinski definition) is 1. The molecule has 3 aromatic rings. The first kappa shape index (κ1) is 19.8. The average molecular weight is 474 g/mol. The summed E-state index contributed by atoms with van der Waals surface area (Å²) in [6.45, 7) is 3.95. The van der Waals surface area contributed by atoms with Crippen LogP contribution in [0.3, 0.4) is 0 Å². The summed E-state index contributed by atoms with van der Waals surface area (Å²) in [7, 11) is 0. The maximum Gasteiger partial charge on any atom is 0.341 e. The third-order valence-corrected chi connectivity index (χ3v) is 6.62. The largest absolute Gasteiger partial charge is 0.462 e.